The van der Waals surface area contributed by atoms with Gasteiger partial charge in [-0.3, -0.25) is 14.3 Å². The first kappa shape index (κ1) is 24.1. The third kappa shape index (κ3) is 9.85. The molecule has 28 heavy (non-hydrogen) atoms. The van der Waals surface area contributed by atoms with Crippen molar-refractivity contribution in [2.45, 2.75) is 58.5 Å². The number of nitrogens with zero attached hydrogens (tertiary/aromatic N) is 1. The summed E-state index contributed by atoms with van der Waals surface area (Å²) in [7, 11) is -3.36. The number of rotatable bonds is 13. The van der Waals surface area contributed by atoms with Gasteiger partial charge >= 0.3 is 0 Å². The lowest BCUT2D eigenvalue weighted by Crippen LogP contribution is -2.32. The van der Waals surface area contributed by atoms with E-state index >= 15 is 0 Å². The van der Waals surface area contributed by atoms with Crippen LogP contribution < -0.4 is 4.72 Å². The van der Waals surface area contributed by atoms with Crippen molar-refractivity contribution in [2.24, 2.45) is 0 Å². The Balaban J connectivity index is 2.44. The van der Waals surface area contributed by atoms with Gasteiger partial charge in [-0.1, -0.05) is 12.8 Å². The van der Waals surface area contributed by atoms with Crippen LogP contribution in [0.15, 0.2) is 24.3 Å². The lowest BCUT2D eigenvalue weighted by Gasteiger charge is -2.21. The summed E-state index contributed by atoms with van der Waals surface area (Å²) in [5.74, 6) is -0.186. The molecule has 1 unspecified atom stereocenters. The second-order valence-corrected chi connectivity index (χ2v) is 8.79. The highest BCUT2D eigenvalue weighted by Crippen LogP contribution is 2.14. The van der Waals surface area contributed by atoms with Gasteiger partial charge in [0.25, 0.3) is 0 Å². The SMILES string of the molecule is CCN(CCCCCC(C)O)C(=O)CCC(=O)c1ccc(NS(C)(=O)=O)cc1. The van der Waals surface area contributed by atoms with E-state index in [1.807, 2.05) is 6.92 Å². The molecule has 158 valence electrons. The highest BCUT2D eigenvalue weighted by molar-refractivity contribution is 7.92. The van der Waals surface area contributed by atoms with Crippen LogP contribution in [0.5, 0.6) is 0 Å². The van der Waals surface area contributed by atoms with E-state index in [1.165, 1.54) is 12.1 Å². The average molecular weight is 413 g/mol. The minimum absolute atomic E-state index is 0.0401. The molecule has 0 saturated carbocycles. The molecule has 0 aliphatic heterocycles. The zero-order chi connectivity index (χ0) is 21.2. The summed E-state index contributed by atoms with van der Waals surface area (Å²) in [4.78, 5) is 26.4. The number of aliphatic hydroxyl groups excluding tert-OH is 1. The highest BCUT2D eigenvalue weighted by atomic mass is 32.2. The van der Waals surface area contributed by atoms with Gasteiger partial charge in [0.15, 0.2) is 5.78 Å². The number of ketones is 1. The van der Waals surface area contributed by atoms with E-state index in [-0.39, 0.29) is 30.6 Å². The van der Waals surface area contributed by atoms with Gasteiger partial charge in [0.1, 0.15) is 0 Å². The number of carbonyl (C=O) groups excluding carboxylic acids is 2. The minimum Gasteiger partial charge on any atom is -0.393 e. The molecule has 1 atom stereocenters. The molecule has 1 amide bonds. The summed E-state index contributed by atoms with van der Waals surface area (Å²) in [6.45, 7) is 4.96. The number of nitrogens with one attached hydrogen (secondary N) is 1. The van der Waals surface area contributed by atoms with E-state index in [1.54, 1.807) is 24.0 Å². The molecule has 0 spiro atoms. The van der Waals surface area contributed by atoms with Crippen LogP contribution in [-0.4, -0.2) is 55.6 Å². The largest absolute Gasteiger partial charge is 0.393 e. The fourth-order valence-electron chi connectivity index (χ4n) is 2.84. The predicted molar refractivity (Wildman–Crippen MR) is 111 cm³/mol. The molecule has 0 fully saturated rings. The number of aliphatic hydroxyl groups is 1. The quantitative estimate of drug-likeness (QED) is 0.383. The molecule has 0 aromatic heterocycles. The van der Waals surface area contributed by atoms with Crippen LogP contribution in [0.4, 0.5) is 5.69 Å². The first-order valence-corrected chi connectivity index (χ1v) is 11.6. The zero-order valence-corrected chi connectivity index (χ0v) is 17.8. The maximum Gasteiger partial charge on any atom is 0.229 e. The van der Waals surface area contributed by atoms with E-state index < -0.39 is 10.0 Å². The van der Waals surface area contributed by atoms with Gasteiger partial charge in [0, 0.05) is 37.2 Å². The van der Waals surface area contributed by atoms with Crippen LogP contribution in [0.3, 0.4) is 0 Å². The molecule has 1 aromatic rings. The third-order valence-electron chi connectivity index (χ3n) is 4.36. The Kier molecular flexibility index (Phi) is 10.2. The minimum atomic E-state index is -3.36. The molecule has 0 aliphatic rings. The second-order valence-electron chi connectivity index (χ2n) is 7.05. The van der Waals surface area contributed by atoms with E-state index in [2.05, 4.69) is 4.72 Å². The van der Waals surface area contributed by atoms with Crippen LogP contribution >= 0.6 is 0 Å². The smallest absolute Gasteiger partial charge is 0.229 e. The van der Waals surface area contributed by atoms with Crippen LogP contribution in [0.25, 0.3) is 0 Å². The van der Waals surface area contributed by atoms with E-state index in [0.717, 1.165) is 31.9 Å². The summed E-state index contributed by atoms with van der Waals surface area (Å²) in [5, 5.41) is 9.25. The third-order valence-corrected chi connectivity index (χ3v) is 4.97. The molecular weight excluding hydrogens is 380 g/mol. The molecule has 0 bridgehead atoms. The number of hydrogen-bond donors (Lipinski definition) is 2. The Bertz CT molecular complexity index is 729. The fourth-order valence-corrected chi connectivity index (χ4v) is 3.40. The Morgan fingerprint density at radius 3 is 2.29 bits per heavy atom. The van der Waals surface area contributed by atoms with Crippen molar-refractivity contribution in [1.29, 1.82) is 0 Å². The second kappa shape index (κ2) is 11.8. The van der Waals surface area contributed by atoms with Crippen molar-refractivity contribution < 1.29 is 23.1 Å². The van der Waals surface area contributed by atoms with Gasteiger partial charge in [0.2, 0.25) is 15.9 Å². The molecule has 0 heterocycles. The van der Waals surface area contributed by atoms with E-state index in [9.17, 15) is 23.1 Å². The summed E-state index contributed by atoms with van der Waals surface area (Å²) < 4.78 is 24.7. The van der Waals surface area contributed by atoms with E-state index in [0.29, 0.717) is 24.3 Å². The Morgan fingerprint density at radius 2 is 1.75 bits per heavy atom. The molecule has 1 rings (SSSR count). The number of amides is 1. The summed E-state index contributed by atoms with van der Waals surface area (Å²) in [5.41, 5.74) is 0.843. The Hall–Kier alpha value is -1.93. The lowest BCUT2D eigenvalue weighted by atomic mass is 10.1. The normalized spacial score (nSPS) is 12.4. The molecule has 0 radical (unpaired) electrons. The van der Waals surface area contributed by atoms with Crippen LogP contribution in [-0.2, 0) is 14.8 Å². The fraction of sp³-hybridized carbons (Fsp3) is 0.600. The van der Waals surface area contributed by atoms with Crippen molar-refractivity contribution in [3.05, 3.63) is 29.8 Å². The topological polar surface area (TPSA) is 104 Å². The number of Topliss-reactive ketones (excluding diaryl/α,β-unsaturated/α-hetero) is 1. The van der Waals surface area contributed by atoms with Gasteiger partial charge in [0.05, 0.1) is 12.4 Å². The number of hydrogen-bond acceptors (Lipinski definition) is 5. The van der Waals surface area contributed by atoms with Crippen molar-refractivity contribution in [3.8, 4) is 0 Å². The number of anilines is 1. The van der Waals surface area contributed by atoms with Crippen molar-refractivity contribution >= 4 is 27.4 Å². The summed E-state index contributed by atoms with van der Waals surface area (Å²) in [6, 6.07) is 6.17. The molecule has 2 N–H and O–H groups in total. The highest BCUT2D eigenvalue weighted by Gasteiger charge is 2.14. The van der Waals surface area contributed by atoms with Gasteiger partial charge in [-0.15, -0.1) is 0 Å². The number of carbonyl (C=O) groups is 2. The van der Waals surface area contributed by atoms with Crippen molar-refractivity contribution in [3.63, 3.8) is 0 Å². The lowest BCUT2D eigenvalue weighted by molar-refractivity contribution is -0.131. The van der Waals surface area contributed by atoms with Crippen LogP contribution in [0.1, 0.15) is 62.7 Å². The van der Waals surface area contributed by atoms with Gasteiger partial charge in [-0.2, -0.15) is 0 Å². The summed E-state index contributed by atoms with van der Waals surface area (Å²) in [6.07, 6.45) is 4.60. The maximum absolute atomic E-state index is 12.3. The van der Waals surface area contributed by atoms with Gasteiger partial charge < -0.3 is 10.0 Å². The monoisotopic (exact) mass is 412 g/mol. The van der Waals surface area contributed by atoms with Gasteiger partial charge in [-0.05, 0) is 51.0 Å². The van der Waals surface area contributed by atoms with Crippen molar-refractivity contribution in [1.82, 2.24) is 4.90 Å². The standard InChI is InChI=1S/C20H32N2O5S/c1-4-22(15-7-5-6-8-16(2)23)20(25)14-13-19(24)17-9-11-18(12-10-17)21-28(3,26)27/h9-12,16,21,23H,4-8,13-15H2,1-3H3. The van der Waals surface area contributed by atoms with Crippen LogP contribution in [0.2, 0.25) is 0 Å². The van der Waals surface area contributed by atoms with Gasteiger partial charge in [-0.25, -0.2) is 8.42 Å². The summed E-state index contributed by atoms with van der Waals surface area (Å²) >= 11 is 0. The Labute approximate surface area is 168 Å². The molecule has 7 nitrogen and oxygen atoms in total. The number of benzene rings is 1. The number of unbranched alkanes of at least 4 members (excludes halogenated alkanes) is 2. The maximum atomic E-state index is 12.3. The predicted octanol–water partition coefficient (Wildman–Crippen LogP) is 2.81. The van der Waals surface area contributed by atoms with Crippen LogP contribution in [0, 0.1) is 0 Å². The Morgan fingerprint density at radius 1 is 1.11 bits per heavy atom. The zero-order valence-electron chi connectivity index (χ0n) is 17.0. The first-order valence-electron chi connectivity index (χ1n) is 9.69. The average Bonchev–Trinajstić information content (AvgIpc) is 2.61. The molecule has 0 aliphatic carbocycles. The first-order chi connectivity index (χ1) is 13.1. The number of sulfonamides is 1. The molecular formula is C20H32N2O5S. The molecule has 0 saturated heterocycles. The van der Waals surface area contributed by atoms with E-state index in [4.69, 9.17) is 0 Å². The molecule has 8 heteroatoms. The van der Waals surface area contributed by atoms with Crippen molar-refractivity contribution in [2.75, 3.05) is 24.1 Å². The molecule has 1 aromatic carbocycles.